The van der Waals surface area contributed by atoms with Crippen molar-refractivity contribution in [1.82, 2.24) is 18.7 Å². The minimum absolute atomic E-state index is 0.108. The Hall–Kier alpha value is -3.03. The average molecular weight is 318 g/mol. The molecule has 0 saturated heterocycles. The van der Waals surface area contributed by atoms with Crippen molar-refractivity contribution < 1.29 is 8.78 Å². The van der Waals surface area contributed by atoms with E-state index in [2.05, 4.69) is 11.7 Å². The highest BCUT2D eigenvalue weighted by Crippen LogP contribution is 2.11. The molecule has 1 aromatic carbocycles. The lowest BCUT2D eigenvalue weighted by Gasteiger charge is -2.05. The molecule has 0 N–H and O–H groups in total. The molecule has 0 atom stereocenters. The Bertz CT molecular complexity index is 1050. The van der Waals surface area contributed by atoms with E-state index in [1.807, 2.05) is 0 Å². The van der Waals surface area contributed by atoms with Gasteiger partial charge < -0.3 is 0 Å². The molecule has 0 bridgehead atoms. The van der Waals surface area contributed by atoms with Crippen molar-refractivity contribution in [1.29, 1.82) is 0 Å². The quantitative estimate of drug-likeness (QED) is 0.688. The monoisotopic (exact) mass is 318 g/mol. The summed E-state index contributed by atoms with van der Waals surface area (Å²) in [6, 6.07) is 3.09. The van der Waals surface area contributed by atoms with Crippen LogP contribution in [0.2, 0.25) is 0 Å². The summed E-state index contributed by atoms with van der Waals surface area (Å²) >= 11 is 0. The molecule has 0 radical (unpaired) electrons. The molecule has 23 heavy (non-hydrogen) atoms. The van der Waals surface area contributed by atoms with Crippen LogP contribution in [-0.4, -0.2) is 18.7 Å². The standard InChI is InChI=1S/C15H12F2N4O2/c1-9(2)8-21-15(23)20-6-5-19(14(22)13(20)18-21)10-3-4-11(16)12(17)7-10/h3-7H,1,8H2,2H3. The molecule has 2 aromatic heterocycles. The molecule has 118 valence electrons. The molecule has 0 aliphatic heterocycles. The van der Waals surface area contributed by atoms with E-state index in [4.69, 9.17) is 0 Å². The fourth-order valence-electron chi connectivity index (χ4n) is 2.21. The maximum atomic E-state index is 13.3. The first kappa shape index (κ1) is 14.9. The molecule has 0 aliphatic carbocycles. The van der Waals surface area contributed by atoms with Crippen LogP contribution in [0.1, 0.15) is 6.92 Å². The van der Waals surface area contributed by atoms with Gasteiger partial charge >= 0.3 is 11.2 Å². The summed E-state index contributed by atoms with van der Waals surface area (Å²) in [7, 11) is 0. The number of halogens is 2. The zero-order valence-corrected chi connectivity index (χ0v) is 12.2. The van der Waals surface area contributed by atoms with Gasteiger partial charge in [0.15, 0.2) is 11.6 Å². The Morgan fingerprint density at radius 1 is 1.22 bits per heavy atom. The number of benzene rings is 1. The lowest BCUT2D eigenvalue weighted by Crippen LogP contribution is -2.24. The van der Waals surface area contributed by atoms with E-state index < -0.39 is 22.9 Å². The Kier molecular flexibility index (Phi) is 3.44. The Morgan fingerprint density at radius 2 is 1.96 bits per heavy atom. The molecule has 0 aliphatic rings. The number of fused-ring (bicyclic) bond motifs is 1. The maximum absolute atomic E-state index is 13.3. The smallest absolute Gasteiger partial charge is 0.279 e. The molecule has 0 unspecified atom stereocenters. The van der Waals surface area contributed by atoms with Crippen LogP contribution in [0.3, 0.4) is 0 Å². The SMILES string of the molecule is C=C(C)Cn1nc2c(=O)n(-c3ccc(F)c(F)c3)ccn2c1=O. The zero-order chi connectivity index (χ0) is 16.7. The molecule has 3 aromatic rings. The van der Waals surface area contributed by atoms with Crippen molar-refractivity contribution in [3.8, 4) is 5.69 Å². The molecule has 3 rings (SSSR count). The Morgan fingerprint density at radius 3 is 2.61 bits per heavy atom. The summed E-state index contributed by atoms with van der Waals surface area (Å²) in [5.41, 5.74) is -0.355. The molecule has 0 amide bonds. The summed E-state index contributed by atoms with van der Waals surface area (Å²) in [4.78, 5) is 24.6. The Balaban J connectivity index is 2.23. The number of rotatable bonds is 3. The van der Waals surface area contributed by atoms with Crippen LogP contribution < -0.4 is 11.2 Å². The minimum atomic E-state index is -1.07. The third-order valence-corrected chi connectivity index (χ3v) is 3.25. The first-order valence-electron chi connectivity index (χ1n) is 6.69. The lowest BCUT2D eigenvalue weighted by atomic mass is 10.3. The maximum Gasteiger partial charge on any atom is 0.350 e. The number of hydrogen-bond donors (Lipinski definition) is 0. The van der Waals surface area contributed by atoms with Crippen LogP contribution in [0.5, 0.6) is 0 Å². The molecule has 8 heteroatoms. The fourth-order valence-corrected chi connectivity index (χ4v) is 2.21. The van der Waals surface area contributed by atoms with E-state index in [0.717, 1.165) is 25.8 Å². The fraction of sp³-hybridized carbons (Fsp3) is 0.133. The van der Waals surface area contributed by atoms with E-state index in [1.165, 1.54) is 18.5 Å². The zero-order valence-electron chi connectivity index (χ0n) is 12.2. The molecular weight excluding hydrogens is 306 g/mol. The van der Waals surface area contributed by atoms with Gasteiger partial charge in [-0.1, -0.05) is 12.2 Å². The summed E-state index contributed by atoms with van der Waals surface area (Å²) in [5, 5.41) is 3.98. The summed E-state index contributed by atoms with van der Waals surface area (Å²) in [5.74, 6) is -2.08. The third-order valence-electron chi connectivity index (χ3n) is 3.25. The van der Waals surface area contributed by atoms with Crippen LogP contribution in [0.4, 0.5) is 8.78 Å². The van der Waals surface area contributed by atoms with Gasteiger partial charge in [-0.05, 0) is 19.1 Å². The molecule has 0 saturated carbocycles. The summed E-state index contributed by atoms with van der Waals surface area (Å²) in [6.07, 6.45) is 2.65. The molecule has 0 spiro atoms. The van der Waals surface area contributed by atoms with Crippen molar-refractivity contribution in [2.45, 2.75) is 13.5 Å². The van der Waals surface area contributed by atoms with Crippen LogP contribution in [0, 0.1) is 11.6 Å². The summed E-state index contributed by atoms with van der Waals surface area (Å²) in [6.45, 7) is 5.62. The number of aromatic nitrogens is 4. The van der Waals surface area contributed by atoms with E-state index in [1.54, 1.807) is 6.92 Å². The van der Waals surface area contributed by atoms with E-state index in [-0.39, 0.29) is 17.9 Å². The second kappa shape index (κ2) is 5.31. The first-order chi connectivity index (χ1) is 10.9. The van der Waals surface area contributed by atoms with Gasteiger partial charge in [0.25, 0.3) is 0 Å². The number of nitrogens with zero attached hydrogens (tertiary/aromatic N) is 4. The summed E-state index contributed by atoms with van der Waals surface area (Å²) < 4.78 is 29.7. The van der Waals surface area contributed by atoms with Gasteiger partial charge in [0.05, 0.1) is 12.2 Å². The number of hydrogen-bond acceptors (Lipinski definition) is 3. The predicted molar refractivity (Wildman–Crippen MR) is 79.8 cm³/mol. The van der Waals surface area contributed by atoms with Crippen molar-refractivity contribution >= 4 is 5.65 Å². The average Bonchev–Trinajstić information content (AvgIpc) is 2.80. The van der Waals surface area contributed by atoms with E-state index in [0.29, 0.717) is 5.57 Å². The van der Waals surface area contributed by atoms with Gasteiger partial charge in [0.2, 0.25) is 5.65 Å². The largest absolute Gasteiger partial charge is 0.350 e. The highest BCUT2D eigenvalue weighted by atomic mass is 19.2. The van der Waals surface area contributed by atoms with Crippen molar-refractivity contribution in [3.63, 3.8) is 0 Å². The normalized spacial score (nSPS) is 11.1. The molecular formula is C15H12F2N4O2. The van der Waals surface area contributed by atoms with Crippen molar-refractivity contribution in [3.05, 3.63) is 75.2 Å². The van der Waals surface area contributed by atoms with Gasteiger partial charge in [0, 0.05) is 18.5 Å². The topological polar surface area (TPSA) is 61.3 Å². The highest BCUT2D eigenvalue weighted by molar-refractivity contribution is 5.40. The molecule has 2 heterocycles. The van der Waals surface area contributed by atoms with Gasteiger partial charge in [-0.2, -0.15) is 0 Å². The first-order valence-corrected chi connectivity index (χ1v) is 6.69. The van der Waals surface area contributed by atoms with Crippen molar-refractivity contribution in [2.24, 2.45) is 0 Å². The highest BCUT2D eigenvalue weighted by Gasteiger charge is 2.13. The molecule has 6 nitrogen and oxygen atoms in total. The van der Waals surface area contributed by atoms with Crippen LogP contribution in [-0.2, 0) is 6.54 Å². The van der Waals surface area contributed by atoms with Gasteiger partial charge in [-0.25, -0.2) is 22.7 Å². The van der Waals surface area contributed by atoms with E-state index in [9.17, 15) is 18.4 Å². The van der Waals surface area contributed by atoms with Crippen LogP contribution >= 0.6 is 0 Å². The minimum Gasteiger partial charge on any atom is -0.279 e. The number of allylic oxidation sites excluding steroid dienone is 1. The lowest BCUT2D eigenvalue weighted by molar-refractivity contribution is 0.508. The molecule has 0 fully saturated rings. The van der Waals surface area contributed by atoms with Crippen LogP contribution in [0.15, 0.2) is 52.3 Å². The Labute approximate surface area is 128 Å². The predicted octanol–water partition coefficient (Wildman–Crippen LogP) is 1.50. The van der Waals surface area contributed by atoms with Gasteiger partial charge in [-0.15, -0.1) is 5.10 Å². The third kappa shape index (κ3) is 2.48. The second-order valence-corrected chi connectivity index (χ2v) is 5.16. The van der Waals surface area contributed by atoms with Gasteiger partial charge in [-0.3, -0.25) is 9.36 Å². The second-order valence-electron chi connectivity index (χ2n) is 5.16. The van der Waals surface area contributed by atoms with E-state index >= 15 is 0 Å². The van der Waals surface area contributed by atoms with Crippen LogP contribution in [0.25, 0.3) is 11.3 Å². The van der Waals surface area contributed by atoms with Crippen molar-refractivity contribution in [2.75, 3.05) is 0 Å². The van der Waals surface area contributed by atoms with Gasteiger partial charge in [0.1, 0.15) is 0 Å².